The number of benzene rings is 2. The maximum atomic E-state index is 12.5. The van der Waals surface area contributed by atoms with Crippen molar-refractivity contribution in [3.8, 4) is 12.1 Å². The Morgan fingerprint density at radius 3 is 2.08 bits per heavy atom. The first-order valence-electron chi connectivity index (χ1n) is 7.56. The molecule has 0 spiro atoms. The van der Waals surface area contributed by atoms with Crippen LogP contribution in [-0.2, 0) is 10.5 Å². The van der Waals surface area contributed by atoms with Crippen molar-refractivity contribution in [1.82, 2.24) is 5.32 Å². The fraction of sp³-hybridized carbons (Fsp3) is 0.211. The average Bonchev–Trinajstić information content (AvgIpc) is 2.62. The highest BCUT2D eigenvalue weighted by Crippen LogP contribution is 2.45. The van der Waals surface area contributed by atoms with Crippen LogP contribution in [0.3, 0.4) is 0 Å². The zero-order valence-corrected chi connectivity index (χ0v) is 12.8. The van der Waals surface area contributed by atoms with E-state index in [2.05, 4.69) is 11.4 Å². The Morgan fingerprint density at radius 1 is 0.958 bits per heavy atom. The molecule has 118 valence electrons. The van der Waals surface area contributed by atoms with E-state index in [4.69, 9.17) is 0 Å². The van der Waals surface area contributed by atoms with Gasteiger partial charge >= 0.3 is 0 Å². The summed E-state index contributed by atoms with van der Waals surface area (Å²) in [6.45, 7) is 0. The third kappa shape index (κ3) is 2.42. The molecule has 2 N–H and O–H groups in total. The molecule has 1 fully saturated rings. The van der Waals surface area contributed by atoms with Gasteiger partial charge in [0.1, 0.15) is 11.8 Å². The van der Waals surface area contributed by atoms with Gasteiger partial charge in [-0.05, 0) is 5.56 Å². The van der Waals surface area contributed by atoms with E-state index in [1.54, 1.807) is 54.6 Å². The van der Waals surface area contributed by atoms with Gasteiger partial charge in [0, 0.05) is 11.5 Å². The van der Waals surface area contributed by atoms with Crippen molar-refractivity contribution < 1.29 is 9.90 Å². The molecule has 24 heavy (non-hydrogen) atoms. The molecule has 0 radical (unpaired) electrons. The van der Waals surface area contributed by atoms with Crippen LogP contribution in [0.4, 0.5) is 0 Å². The van der Waals surface area contributed by atoms with Crippen LogP contribution in [0, 0.1) is 34.5 Å². The number of nitriles is 2. The normalized spacial score (nSPS) is 29.1. The Morgan fingerprint density at radius 2 is 1.54 bits per heavy atom. The second-order valence-electron chi connectivity index (χ2n) is 5.77. The lowest BCUT2D eigenvalue weighted by Gasteiger charge is -2.43. The van der Waals surface area contributed by atoms with E-state index in [-0.39, 0.29) is 0 Å². The van der Waals surface area contributed by atoms with Crippen molar-refractivity contribution in [2.75, 3.05) is 0 Å². The first kappa shape index (κ1) is 15.7. The van der Waals surface area contributed by atoms with Crippen LogP contribution in [0.15, 0.2) is 60.7 Å². The molecule has 0 aromatic heterocycles. The van der Waals surface area contributed by atoms with Crippen molar-refractivity contribution >= 4 is 5.91 Å². The predicted octanol–water partition coefficient (Wildman–Crippen LogP) is 2.02. The number of hydrogen-bond acceptors (Lipinski definition) is 4. The van der Waals surface area contributed by atoms with Gasteiger partial charge in [-0.2, -0.15) is 10.5 Å². The highest BCUT2D eigenvalue weighted by molar-refractivity contribution is 5.84. The smallest absolute Gasteiger partial charge is 0.240 e. The third-order valence-corrected chi connectivity index (χ3v) is 4.44. The van der Waals surface area contributed by atoms with Gasteiger partial charge < -0.3 is 10.4 Å². The van der Waals surface area contributed by atoms with Crippen LogP contribution in [0.2, 0.25) is 0 Å². The number of amides is 1. The summed E-state index contributed by atoms with van der Waals surface area (Å²) in [5, 5.41) is 32.8. The van der Waals surface area contributed by atoms with Gasteiger partial charge in [0.05, 0.1) is 12.1 Å². The summed E-state index contributed by atoms with van der Waals surface area (Å²) < 4.78 is 0. The summed E-state index contributed by atoms with van der Waals surface area (Å²) in [4.78, 5) is 12.5. The molecule has 5 nitrogen and oxygen atoms in total. The van der Waals surface area contributed by atoms with E-state index in [0.29, 0.717) is 11.1 Å². The largest absolute Gasteiger partial charge is 0.366 e. The van der Waals surface area contributed by atoms with E-state index in [1.807, 2.05) is 12.1 Å². The zero-order chi connectivity index (χ0) is 17.2. The molecule has 3 rings (SSSR count). The summed E-state index contributed by atoms with van der Waals surface area (Å²) in [7, 11) is 0. The van der Waals surface area contributed by atoms with Gasteiger partial charge in [-0.1, -0.05) is 60.7 Å². The van der Waals surface area contributed by atoms with Crippen molar-refractivity contribution in [1.29, 1.82) is 10.5 Å². The van der Waals surface area contributed by atoms with Gasteiger partial charge in [0.2, 0.25) is 5.91 Å². The number of piperidine rings is 1. The second-order valence-corrected chi connectivity index (χ2v) is 5.77. The Bertz CT molecular complexity index is 823. The fourth-order valence-corrected chi connectivity index (χ4v) is 3.28. The summed E-state index contributed by atoms with van der Waals surface area (Å²) >= 11 is 0. The average molecular weight is 317 g/mol. The fourth-order valence-electron chi connectivity index (χ4n) is 3.28. The highest BCUT2D eigenvalue weighted by Gasteiger charge is 2.54. The van der Waals surface area contributed by atoms with Gasteiger partial charge in [-0.3, -0.25) is 4.79 Å². The Balaban J connectivity index is 2.17. The molecular formula is C19H15N3O2. The number of nitrogens with zero attached hydrogens (tertiary/aromatic N) is 2. The van der Waals surface area contributed by atoms with E-state index in [0.717, 1.165) is 0 Å². The molecule has 1 aliphatic heterocycles. The van der Waals surface area contributed by atoms with Crippen LogP contribution in [-0.4, -0.2) is 11.0 Å². The minimum atomic E-state index is -1.85. The van der Waals surface area contributed by atoms with Crippen molar-refractivity contribution in [2.24, 2.45) is 11.8 Å². The van der Waals surface area contributed by atoms with Crippen LogP contribution < -0.4 is 5.32 Å². The predicted molar refractivity (Wildman–Crippen MR) is 85.9 cm³/mol. The summed E-state index contributed by atoms with van der Waals surface area (Å²) in [5.41, 5.74) is -0.747. The number of carbonyl (C=O) groups is 1. The number of aliphatic hydroxyl groups is 1. The van der Waals surface area contributed by atoms with Gasteiger partial charge in [0.15, 0.2) is 5.72 Å². The van der Waals surface area contributed by atoms with Crippen LogP contribution in [0.1, 0.15) is 17.0 Å². The maximum Gasteiger partial charge on any atom is 0.240 e. The standard InChI is InChI=1S/C19H15N3O2/c20-11-15-17(13-7-3-1-4-8-13)16(12-21)19(24,22-18(15)23)14-9-5-2-6-10-14/h1-10,15-17,24H,(H,22,23). The molecule has 4 atom stereocenters. The maximum absolute atomic E-state index is 12.5. The highest BCUT2D eigenvalue weighted by atomic mass is 16.3. The Hall–Kier alpha value is -3.15. The van der Waals surface area contributed by atoms with E-state index >= 15 is 0 Å². The SMILES string of the molecule is N#CC1C(=O)NC(O)(c2ccccc2)C(C#N)C1c1ccccc1. The second kappa shape index (κ2) is 6.16. The number of nitrogens with one attached hydrogen (secondary N) is 1. The summed E-state index contributed by atoms with van der Waals surface area (Å²) in [6.07, 6.45) is 0. The lowest BCUT2D eigenvalue weighted by molar-refractivity contribution is -0.145. The molecule has 2 aromatic carbocycles. The van der Waals surface area contributed by atoms with E-state index < -0.39 is 29.4 Å². The molecule has 1 saturated heterocycles. The molecule has 1 amide bonds. The first-order valence-corrected chi connectivity index (χ1v) is 7.56. The van der Waals surface area contributed by atoms with Gasteiger partial charge in [-0.25, -0.2) is 0 Å². The first-order chi connectivity index (χ1) is 11.6. The Kier molecular flexibility index (Phi) is 4.04. The van der Waals surface area contributed by atoms with Gasteiger partial charge in [-0.15, -0.1) is 0 Å². The molecule has 1 aliphatic rings. The molecule has 4 unspecified atom stereocenters. The molecular weight excluding hydrogens is 302 g/mol. The minimum absolute atomic E-state index is 0.419. The van der Waals surface area contributed by atoms with Crippen molar-refractivity contribution in [3.63, 3.8) is 0 Å². The molecule has 5 heteroatoms. The lowest BCUT2D eigenvalue weighted by atomic mass is 9.68. The molecule has 2 aromatic rings. The topological polar surface area (TPSA) is 96.9 Å². The van der Waals surface area contributed by atoms with Crippen LogP contribution in [0.25, 0.3) is 0 Å². The Labute approximate surface area is 139 Å². The third-order valence-electron chi connectivity index (χ3n) is 4.44. The van der Waals surface area contributed by atoms with Crippen LogP contribution >= 0.6 is 0 Å². The van der Waals surface area contributed by atoms with Crippen molar-refractivity contribution in [2.45, 2.75) is 11.6 Å². The molecule has 1 heterocycles. The lowest BCUT2D eigenvalue weighted by Crippen LogP contribution is -2.60. The van der Waals surface area contributed by atoms with Gasteiger partial charge in [0.25, 0.3) is 0 Å². The minimum Gasteiger partial charge on any atom is -0.366 e. The monoisotopic (exact) mass is 317 g/mol. The molecule has 0 bridgehead atoms. The zero-order valence-electron chi connectivity index (χ0n) is 12.8. The summed E-state index contributed by atoms with van der Waals surface area (Å²) in [5.74, 6) is -3.34. The number of carbonyl (C=O) groups excluding carboxylic acids is 1. The number of rotatable bonds is 2. The molecule has 0 saturated carbocycles. The quantitative estimate of drug-likeness (QED) is 0.885. The van der Waals surface area contributed by atoms with E-state index in [9.17, 15) is 20.4 Å². The van der Waals surface area contributed by atoms with Crippen molar-refractivity contribution in [3.05, 3.63) is 71.8 Å². The molecule has 0 aliphatic carbocycles. The number of hydrogen-bond donors (Lipinski definition) is 2. The summed E-state index contributed by atoms with van der Waals surface area (Å²) in [6, 6.07) is 21.5. The van der Waals surface area contributed by atoms with Crippen LogP contribution in [0.5, 0.6) is 0 Å². The van der Waals surface area contributed by atoms with E-state index in [1.165, 1.54) is 0 Å².